The van der Waals surface area contributed by atoms with Gasteiger partial charge in [0.15, 0.2) is 0 Å². The van der Waals surface area contributed by atoms with Crippen LogP contribution in [0.15, 0.2) is 41.5 Å². The van der Waals surface area contributed by atoms with E-state index in [0.717, 1.165) is 42.7 Å². The van der Waals surface area contributed by atoms with Crippen LogP contribution >= 0.6 is 0 Å². The Morgan fingerprint density at radius 3 is 2.74 bits per heavy atom. The Balaban J connectivity index is 1.62. The van der Waals surface area contributed by atoms with Crippen LogP contribution in [0, 0.1) is 0 Å². The first-order valence-electron chi connectivity index (χ1n) is 7.92. The lowest BCUT2D eigenvalue weighted by molar-refractivity contribution is 0.395. The molecule has 0 aliphatic carbocycles. The minimum atomic E-state index is -0.0339. The molecular weight excluding hydrogens is 292 g/mol. The fourth-order valence-electron chi connectivity index (χ4n) is 3.48. The van der Waals surface area contributed by atoms with Crippen molar-refractivity contribution < 1.29 is 4.74 Å². The second-order valence-corrected chi connectivity index (χ2v) is 5.97. The summed E-state index contributed by atoms with van der Waals surface area (Å²) in [5.41, 5.74) is 2.98. The van der Waals surface area contributed by atoms with Crippen molar-refractivity contribution in [2.24, 2.45) is 0 Å². The van der Waals surface area contributed by atoms with Crippen LogP contribution in [0.5, 0.6) is 5.75 Å². The molecule has 2 N–H and O–H groups in total. The molecule has 0 amide bonds. The van der Waals surface area contributed by atoms with E-state index in [1.807, 2.05) is 35.2 Å². The van der Waals surface area contributed by atoms with Gasteiger partial charge in [-0.05, 0) is 31.0 Å². The van der Waals surface area contributed by atoms with E-state index in [1.54, 1.807) is 7.11 Å². The monoisotopic (exact) mass is 312 g/mol. The molecule has 0 bridgehead atoms. The summed E-state index contributed by atoms with van der Waals surface area (Å²) in [6.07, 6.45) is 5.87. The fourth-order valence-corrected chi connectivity index (χ4v) is 3.48. The van der Waals surface area contributed by atoms with Gasteiger partial charge in [-0.1, -0.05) is 0 Å². The van der Waals surface area contributed by atoms with Gasteiger partial charge in [-0.15, -0.1) is 0 Å². The third kappa shape index (κ3) is 2.40. The van der Waals surface area contributed by atoms with Crippen LogP contribution in [0.2, 0.25) is 0 Å². The van der Waals surface area contributed by atoms with Gasteiger partial charge in [-0.25, -0.2) is 4.79 Å². The zero-order chi connectivity index (χ0) is 15.8. The van der Waals surface area contributed by atoms with E-state index in [0.29, 0.717) is 0 Å². The number of piperidine rings is 1. The van der Waals surface area contributed by atoms with Crippen molar-refractivity contribution in [3.05, 3.63) is 47.1 Å². The number of aromatic nitrogens is 3. The van der Waals surface area contributed by atoms with Gasteiger partial charge in [-0.3, -0.25) is 4.57 Å². The minimum absolute atomic E-state index is 0.0339. The summed E-state index contributed by atoms with van der Waals surface area (Å²) < 4.78 is 7.19. The van der Waals surface area contributed by atoms with Crippen molar-refractivity contribution in [2.45, 2.75) is 18.9 Å². The first kappa shape index (κ1) is 14.0. The molecule has 6 nitrogen and oxygen atoms in total. The molecule has 1 aliphatic heterocycles. The molecular formula is C17H20N4O2. The van der Waals surface area contributed by atoms with Crippen LogP contribution in [-0.4, -0.2) is 34.7 Å². The van der Waals surface area contributed by atoms with E-state index in [9.17, 15) is 4.79 Å². The lowest BCUT2D eigenvalue weighted by atomic mass is 10.0. The maximum atomic E-state index is 12.4. The number of fused-ring (bicyclic) bond motifs is 1. The fraction of sp³-hybridized carbons (Fsp3) is 0.353. The number of aromatic amines is 2. The predicted molar refractivity (Wildman–Crippen MR) is 90.4 cm³/mol. The third-order valence-corrected chi connectivity index (χ3v) is 4.70. The van der Waals surface area contributed by atoms with E-state index in [4.69, 9.17) is 4.74 Å². The Labute approximate surface area is 133 Å². The average molecular weight is 312 g/mol. The van der Waals surface area contributed by atoms with Crippen LogP contribution in [0.4, 0.5) is 5.69 Å². The number of hydrogen-bond donors (Lipinski definition) is 2. The molecule has 1 aromatic carbocycles. The summed E-state index contributed by atoms with van der Waals surface area (Å²) in [7, 11) is 1.64. The molecule has 23 heavy (non-hydrogen) atoms. The SMILES string of the molecule is COc1ccc2[nH]c(=O)n(C3CCN(c4cc[nH]c4)CC3)c2c1. The number of hydrogen-bond acceptors (Lipinski definition) is 3. The number of methoxy groups -OCH3 is 1. The van der Waals surface area contributed by atoms with Crippen molar-refractivity contribution in [3.63, 3.8) is 0 Å². The standard InChI is InChI=1S/C17H20N4O2/c1-23-14-2-3-15-16(10-14)21(17(22)19-15)12-5-8-20(9-6-12)13-4-7-18-11-13/h2-4,7,10-12,18H,5-6,8-9H2,1H3,(H,19,22). The number of nitrogens with zero attached hydrogens (tertiary/aromatic N) is 2. The van der Waals surface area contributed by atoms with Gasteiger partial charge in [0.1, 0.15) is 5.75 Å². The van der Waals surface area contributed by atoms with E-state index >= 15 is 0 Å². The van der Waals surface area contributed by atoms with Crippen LogP contribution in [0.25, 0.3) is 11.0 Å². The zero-order valence-corrected chi connectivity index (χ0v) is 13.1. The first-order chi connectivity index (χ1) is 11.3. The van der Waals surface area contributed by atoms with Gasteiger partial charge in [0.2, 0.25) is 0 Å². The van der Waals surface area contributed by atoms with Crippen LogP contribution in [0.3, 0.4) is 0 Å². The third-order valence-electron chi connectivity index (χ3n) is 4.70. The van der Waals surface area contributed by atoms with Gasteiger partial charge in [0.25, 0.3) is 0 Å². The Morgan fingerprint density at radius 1 is 1.22 bits per heavy atom. The van der Waals surface area contributed by atoms with Crippen molar-refractivity contribution in [1.82, 2.24) is 14.5 Å². The number of anilines is 1. The highest BCUT2D eigenvalue weighted by Gasteiger charge is 2.24. The molecule has 0 spiro atoms. The zero-order valence-electron chi connectivity index (χ0n) is 13.1. The lowest BCUT2D eigenvalue weighted by Gasteiger charge is -2.33. The van der Waals surface area contributed by atoms with Crippen molar-refractivity contribution in [1.29, 1.82) is 0 Å². The van der Waals surface area contributed by atoms with Gasteiger partial charge < -0.3 is 19.6 Å². The van der Waals surface area contributed by atoms with E-state index in [-0.39, 0.29) is 11.7 Å². The molecule has 1 aliphatic rings. The van der Waals surface area contributed by atoms with Gasteiger partial charge in [0.05, 0.1) is 23.8 Å². The number of ether oxygens (including phenoxy) is 1. The number of rotatable bonds is 3. The largest absolute Gasteiger partial charge is 0.497 e. The molecule has 0 unspecified atom stereocenters. The topological polar surface area (TPSA) is 66.1 Å². The van der Waals surface area contributed by atoms with Crippen LogP contribution in [-0.2, 0) is 0 Å². The molecule has 4 rings (SSSR count). The highest BCUT2D eigenvalue weighted by Crippen LogP contribution is 2.28. The number of benzene rings is 1. The molecule has 1 fully saturated rings. The van der Waals surface area contributed by atoms with Crippen LogP contribution in [0.1, 0.15) is 18.9 Å². The summed E-state index contributed by atoms with van der Waals surface area (Å²) in [5.74, 6) is 0.773. The highest BCUT2D eigenvalue weighted by atomic mass is 16.5. The van der Waals surface area contributed by atoms with Crippen LogP contribution < -0.4 is 15.3 Å². The van der Waals surface area contributed by atoms with Crippen molar-refractivity contribution in [3.8, 4) is 5.75 Å². The van der Waals surface area contributed by atoms with E-state index in [1.165, 1.54) is 5.69 Å². The van der Waals surface area contributed by atoms with Crippen molar-refractivity contribution in [2.75, 3.05) is 25.1 Å². The average Bonchev–Trinajstić information content (AvgIpc) is 3.21. The molecule has 0 saturated carbocycles. The summed E-state index contributed by atoms with van der Waals surface area (Å²) >= 11 is 0. The maximum absolute atomic E-state index is 12.4. The predicted octanol–water partition coefficient (Wildman–Crippen LogP) is 2.51. The Morgan fingerprint density at radius 2 is 2.04 bits per heavy atom. The van der Waals surface area contributed by atoms with Gasteiger partial charge >= 0.3 is 5.69 Å². The number of H-pyrrole nitrogens is 2. The van der Waals surface area contributed by atoms with Crippen molar-refractivity contribution >= 4 is 16.7 Å². The molecule has 0 radical (unpaired) electrons. The molecule has 1 saturated heterocycles. The maximum Gasteiger partial charge on any atom is 0.326 e. The molecule has 120 valence electrons. The first-order valence-corrected chi connectivity index (χ1v) is 7.92. The normalized spacial score (nSPS) is 16.1. The summed E-state index contributed by atoms with van der Waals surface area (Å²) in [6.45, 7) is 1.90. The van der Waals surface area contributed by atoms with E-state index in [2.05, 4.69) is 20.9 Å². The quantitative estimate of drug-likeness (QED) is 0.781. The Kier molecular flexibility index (Phi) is 3.37. The summed E-state index contributed by atoms with van der Waals surface area (Å²) in [6, 6.07) is 8.02. The van der Waals surface area contributed by atoms with Gasteiger partial charge in [0, 0.05) is 37.6 Å². The molecule has 2 aromatic heterocycles. The van der Waals surface area contributed by atoms with Gasteiger partial charge in [-0.2, -0.15) is 0 Å². The molecule has 3 aromatic rings. The molecule has 6 heteroatoms. The highest BCUT2D eigenvalue weighted by molar-refractivity contribution is 5.77. The lowest BCUT2D eigenvalue weighted by Crippen LogP contribution is -2.36. The summed E-state index contributed by atoms with van der Waals surface area (Å²) in [4.78, 5) is 20.8. The number of imidazole rings is 1. The Hall–Kier alpha value is -2.63. The van der Waals surface area contributed by atoms with E-state index < -0.39 is 0 Å². The molecule has 0 atom stereocenters. The second-order valence-electron chi connectivity index (χ2n) is 5.97. The molecule has 3 heterocycles. The smallest absolute Gasteiger partial charge is 0.326 e. The minimum Gasteiger partial charge on any atom is -0.497 e. The second kappa shape index (κ2) is 5.53. The Bertz CT molecular complexity index is 854. The number of nitrogens with one attached hydrogen (secondary N) is 2. The summed E-state index contributed by atoms with van der Waals surface area (Å²) in [5, 5.41) is 0.